The third-order valence-corrected chi connectivity index (χ3v) is 19.1. The number of benzene rings is 4. The monoisotopic (exact) mass is 688 g/mol. The number of hydrogen-bond acceptors (Lipinski definition) is 0. The Bertz CT molecular complexity index is 1520. The smallest absolute Gasteiger partial charge is 0.147 e. The van der Waals surface area contributed by atoms with Crippen LogP contribution in [0.15, 0.2) is 132 Å². The Morgan fingerprint density at radius 2 is 0.732 bits per heavy atom. The Morgan fingerprint density at radius 1 is 0.439 bits per heavy atom. The van der Waals surface area contributed by atoms with Gasteiger partial charge in [-0.25, -0.2) is 0 Å². The first-order valence-corrected chi connectivity index (χ1v) is 17.8. The largest absolute Gasteiger partial charge is 0.147 e. The fourth-order valence-corrected chi connectivity index (χ4v) is 19.5. The molecule has 2 unspecified atom stereocenters. The molecule has 0 fully saturated rings. The molecule has 2 heterocycles. The van der Waals surface area contributed by atoms with Gasteiger partial charge in [0.2, 0.25) is 0 Å². The first-order valence-electron chi connectivity index (χ1n) is 13.5. The van der Waals surface area contributed by atoms with Gasteiger partial charge in [-0.3, -0.25) is 0 Å². The second-order valence-electron chi connectivity index (χ2n) is 10.4. The zero-order valence-electron chi connectivity index (χ0n) is 23.8. The summed E-state index contributed by atoms with van der Waals surface area (Å²) in [5, 5.41) is 3.01. The first kappa shape index (κ1) is 32.1. The minimum absolute atomic E-state index is 0. The van der Waals surface area contributed by atoms with Gasteiger partial charge < -0.3 is 0 Å². The molecule has 0 aromatic heterocycles. The van der Waals surface area contributed by atoms with Crippen LogP contribution in [0, 0.1) is 0 Å². The molecule has 0 nitrogen and oxygen atoms in total. The second-order valence-corrected chi connectivity index (χ2v) is 19.9. The molecule has 0 bridgehead atoms. The van der Waals surface area contributed by atoms with E-state index in [1.807, 2.05) is 0 Å². The van der Waals surface area contributed by atoms with E-state index in [0.717, 1.165) is 0 Å². The molecule has 2 aliphatic rings. The Balaban J connectivity index is 0.00000194. The molecule has 4 aromatic rings. The van der Waals surface area contributed by atoms with Crippen LogP contribution in [0.2, 0.25) is 0 Å². The SMILES string of the molecule is CC1=P[C]([Zr][C]2(c3ccccc3)P=C(C)C(c3ccccc3)=C2C)(c2ccccc2)C(C)=C1c1ccccc1.Cl.Cl. The Labute approximate surface area is 272 Å². The van der Waals surface area contributed by atoms with Crippen LogP contribution < -0.4 is 0 Å². The fourth-order valence-electron chi connectivity index (χ4n) is 6.32. The van der Waals surface area contributed by atoms with E-state index in [0.29, 0.717) is 0 Å². The van der Waals surface area contributed by atoms with Crippen LogP contribution in [0.4, 0.5) is 0 Å². The number of allylic oxidation sites excluding steroid dienone is 4. The van der Waals surface area contributed by atoms with Crippen LogP contribution in [-0.2, 0) is 29.0 Å². The van der Waals surface area contributed by atoms with E-state index >= 15 is 0 Å². The summed E-state index contributed by atoms with van der Waals surface area (Å²) < 4.78 is 0.104. The molecule has 0 aliphatic carbocycles. The minimum atomic E-state index is -1.28. The molecule has 206 valence electrons. The molecule has 6 rings (SSSR count). The summed E-state index contributed by atoms with van der Waals surface area (Å²) in [4.78, 5) is 0. The van der Waals surface area contributed by atoms with E-state index in [-0.39, 0.29) is 30.5 Å². The molecule has 0 saturated heterocycles. The van der Waals surface area contributed by atoms with E-state index < -0.39 is 23.2 Å². The van der Waals surface area contributed by atoms with Crippen LogP contribution in [0.3, 0.4) is 0 Å². The van der Waals surface area contributed by atoms with Crippen molar-refractivity contribution in [2.75, 3.05) is 0 Å². The molecular weight excluding hydrogens is 656 g/mol. The number of halogens is 2. The molecule has 2 atom stereocenters. The van der Waals surface area contributed by atoms with E-state index in [1.54, 1.807) is 11.1 Å². The van der Waals surface area contributed by atoms with Gasteiger partial charge in [-0.2, -0.15) is 0 Å². The summed E-state index contributed by atoms with van der Waals surface area (Å²) in [6.45, 7) is 9.62. The van der Waals surface area contributed by atoms with Crippen LogP contribution in [0.1, 0.15) is 49.9 Å². The maximum atomic E-state index is 2.44. The molecule has 0 spiro atoms. The predicted molar refractivity (Wildman–Crippen MR) is 184 cm³/mol. The van der Waals surface area contributed by atoms with Gasteiger partial charge in [0.1, 0.15) is 0 Å². The maximum Gasteiger partial charge on any atom is -0.147 e. The fraction of sp³-hybridized carbons (Fsp3) is 0.167. The molecule has 2 aliphatic heterocycles. The summed E-state index contributed by atoms with van der Waals surface area (Å²) in [5.74, 6) is 0. The Morgan fingerprint density at radius 3 is 1.05 bits per heavy atom. The van der Waals surface area contributed by atoms with Crippen molar-refractivity contribution in [1.29, 1.82) is 0 Å². The predicted octanol–water partition coefficient (Wildman–Crippen LogP) is 10.9. The molecule has 0 amide bonds. The van der Waals surface area contributed by atoms with Gasteiger partial charge in [0.15, 0.2) is 0 Å². The van der Waals surface area contributed by atoms with Gasteiger partial charge in [0.25, 0.3) is 0 Å². The Kier molecular flexibility index (Phi) is 10.3. The molecule has 0 radical (unpaired) electrons. The van der Waals surface area contributed by atoms with Gasteiger partial charge in [-0.1, -0.05) is 0 Å². The van der Waals surface area contributed by atoms with E-state index in [2.05, 4.69) is 149 Å². The topological polar surface area (TPSA) is 0 Å². The second kappa shape index (κ2) is 13.2. The molecule has 41 heavy (non-hydrogen) atoms. The van der Waals surface area contributed by atoms with Crippen molar-refractivity contribution < 1.29 is 23.2 Å². The number of rotatable bonds is 6. The van der Waals surface area contributed by atoms with Crippen LogP contribution in [-0.4, -0.2) is 10.6 Å². The normalized spacial score (nSPS) is 22.3. The molecule has 0 N–H and O–H groups in total. The zero-order chi connectivity index (χ0) is 27.0. The average Bonchev–Trinajstić information content (AvgIpc) is 3.38. The van der Waals surface area contributed by atoms with E-state index in [9.17, 15) is 0 Å². The third kappa shape index (κ3) is 5.63. The zero-order valence-corrected chi connectivity index (χ0v) is 29.6. The third-order valence-electron chi connectivity index (χ3n) is 8.10. The molecular formula is C36H34Cl2P2Zr. The summed E-state index contributed by atoms with van der Waals surface area (Å²) in [5.41, 5.74) is 11.8. The van der Waals surface area contributed by atoms with Crippen LogP contribution in [0.25, 0.3) is 11.1 Å². The van der Waals surface area contributed by atoms with Gasteiger partial charge in [0, 0.05) is 0 Å². The van der Waals surface area contributed by atoms with Gasteiger partial charge in [-0.05, 0) is 0 Å². The van der Waals surface area contributed by atoms with Crippen molar-refractivity contribution in [3.8, 4) is 0 Å². The van der Waals surface area contributed by atoms with Gasteiger partial charge >= 0.3 is 250 Å². The average molecular weight is 691 g/mol. The van der Waals surface area contributed by atoms with E-state index in [4.69, 9.17) is 0 Å². The van der Waals surface area contributed by atoms with Gasteiger partial charge in [0.05, 0.1) is 0 Å². The maximum absolute atomic E-state index is 2.44. The Hall–Kier alpha value is -1.84. The van der Waals surface area contributed by atoms with Crippen molar-refractivity contribution in [2.24, 2.45) is 0 Å². The van der Waals surface area contributed by atoms with Crippen molar-refractivity contribution in [2.45, 2.75) is 33.4 Å². The van der Waals surface area contributed by atoms with Crippen molar-refractivity contribution in [1.82, 2.24) is 0 Å². The van der Waals surface area contributed by atoms with Crippen LogP contribution in [0.5, 0.6) is 0 Å². The van der Waals surface area contributed by atoms with Gasteiger partial charge in [-0.15, -0.1) is 24.8 Å². The van der Waals surface area contributed by atoms with Crippen molar-refractivity contribution in [3.63, 3.8) is 0 Å². The summed E-state index contributed by atoms with van der Waals surface area (Å²) in [6, 6.07) is 45.1. The minimum Gasteiger partial charge on any atom is -0.147 e. The molecule has 5 heteroatoms. The first-order chi connectivity index (χ1) is 19.0. The van der Waals surface area contributed by atoms with Crippen LogP contribution >= 0.6 is 41.2 Å². The standard InChI is InChI=1S/2C18H16P.2ClH.Zr/c2*1-13-17(15-9-5-3-6-10-15)14(2)19-18(13)16-11-7-4-8-12-16;;;/h2*3-12H,1-2H3;2*1H;. The molecule has 0 saturated carbocycles. The van der Waals surface area contributed by atoms with E-state index in [1.165, 1.54) is 60.4 Å². The van der Waals surface area contributed by atoms with Crippen molar-refractivity contribution >= 4 is 63.0 Å². The molecule has 4 aromatic carbocycles. The summed E-state index contributed by atoms with van der Waals surface area (Å²) in [6.07, 6.45) is 0. The summed E-state index contributed by atoms with van der Waals surface area (Å²) in [7, 11) is 2.92. The van der Waals surface area contributed by atoms with Crippen molar-refractivity contribution in [3.05, 3.63) is 155 Å². The summed E-state index contributed by atoms with van der Waals surface area (Å²) >= 11 is -1.28. The quantitative estimate of drug-likeness (QED) is 0.177. The number of hydrogen-bond donors (Lipinski definition) is 0.